The molecule has 1 aromatic rings. The Labute approximate surface area is 150 Å². The van der Waals surface area contributed by atoms with Crippen molar-refractivity contribution in [3.8, 4) is 5.75 Å². The molecule has 0 aromatic heterocycles. The molecule has 0 aliphatic carbocycles. The van der Waals surface area contributed by atoms with Gasteiger partial charge in [-0.3, -0.25) is 4.90 Å². The van der Waals surface area contributed by atoms with E-state index in [2.05, 4.69) is 22.1 Å². The zero-order valence-corrected chi connectivity index (χ0v) is 15.0. The van der Waals surface area contributed by atoms with E-state index in [-0.39, 0.29) is 12.1 Å². The molecule has 5 nitrogen and oxygen atoms in total. The van der Waals surface area contributed by atoms with Gasteiger partial charge in [0, 0.05) is 24.7 Å². The molecule has 25 heavy (non-hydrogen) atoms. The largest absolute Gasteiger partial charge is 0.492 e. The number of anilines is 1. The fourth-order valence-electron chi connectivity index (χ4n) is 4.24. The number of fused-ring (bicyclic) bond motifs is 2. The van der Waals surface area contributed by atoms with Crippen molar-refractivity contribution in [1.82, 2.24) is 10.2 Å². The van der Waals surface area contributed by atoms with Crippen LogP contribution in [0.25, 0.3) is 0 Å². The minimum Gasteiger partial charge on any atom is -0.492 e. The van der Waals surface area contributed by atoms with Crippen molar-refractivity contribution in [2.24, 2.45) is 0 Å². The van der Waals surface area contributed by atoms with Crippen LogP contribution < -0.4 is 15.4 Å². The quantitative estimate of drug-likeness (QED) is 0.773. The van der Waals surface area contributed by atoms with Gasteiger partial charge in [0.15, 0.2) is 0 Å². The molecule has 2 atom stereocenters. The van der Waals surface area contributed by atoms with Crippen molar-refractivity contribution in [2.75, 3.05) is 18.5 Å². The molecular weight excluding hydrogens is 314 g/mol. The van der Waals surface area contributed by atoms with E-state index in [4.69, 9.17) is 4.74 Å². The van der Waals surface area contributed by atoms with Crippen LogP contribution in [-0.2, 0) is 0 Å². The highest BCUT2D eigenvalue weighted by Crippen LogP contribution is 2.34. The number of ether oxygens (including phenoxy) is 1. The van der Waals surface area contributed by atoms with Crippen LogP contribution in [0.1, 0.15) is 39.0 Å². The number of carbonyl (C=O) groups excluding carboxylic acids is 1. The third-order valence-corrected chi connectivity index (χ3v) is 5.24. The van der Waals surface area contributed by atoms with Crippen LogP contribution in [0.15, 0.2) is 36.9 Å². The number of piperidine rings is 2. The lowest BCUT2D eigenvalue weighted by Gasteiger charge is -2.48. The first-order valence-corrected chi connectivity index (χ1v) is 9.37. The number of amides is 2. The lowest BCUT2D eigenvalue weighted by atomic mass is 9.82. The standard InChI is InChI=1S/C20H29N3O2/c1-3-12-23-16-8-7-9-17(23)14-15(13-16)21-20(24)22-18-10-5-6-11-19(18)25-4-2/h3,5-6,10-11,15-17H,1,4,7-9,12-14H2,2H3,(H2,21,22,24)/t16-,17-/m1/s1. The molecule has 2 amide bonds. The van der Waals surface area contributed by atoms with Gasteiger partial charge in [0.05, 0.1) is 12.3 Å². The molecule has 0 radical (unpaired) electrons. The van der Waals surface area contributed by atoms with E-state index in [9.17, 15) is 4.79 Å². The molecule has 1 aromatic carbocycles. The van der Waals surface area contributed by atoms with Gasteiger partial charge in [0.25, 0.3) is 0 Å². The second-order valence-corrected chi connectivity index (χ2v) is 6.92. The lowest BCUT2D eigenvalue weighted by molar-refractivity contribution is 0.0375. The Balaban J connectivity index is 1.58. The van der Waals surface area contributed by atoms with Gasteiger partial charge in [0.1, 0.15) is 5.75 Å². The monoisotopic (exact) mass is 343 g/mol. The van der Waals surface area contributed by atoms with Gasteiger partial charge in [-0.2, -0.15) is 0 Å². The first kappa shape index (κ1) is 17.8. The topological polar surface area (TPSA) is 53.6 Å². The van der Waals surface area contributed by atoms with Crippen molar-refractivity contribution < 1.29 is 9.53 Å². The van der Waals surface area contributed by atoms with Crippen LogP contribution in [0.5, 0.6) is 5.75 Å². The molecule has 2 aliphatic rings. The maximum Gasteiger partial charge on any atom is 0.319 e. The van der Waals surface area contributed by atoms with Crippen LogP contribution in [0, 0.1) is 0 Å². The summed E-state index contributed by atoms with van der Waals surface area (Å²) in [4.78, 5) is 15.0. The average molecular weight is 343 g/mol. The number of nitrogens with one attached hydrogen (secondary N) is 2. The zero-order chi connectivity index (χ0) is 17.6. The first-order chi connectivity index (χ1) is 12.2. The predicted octanol–water partition coefficient (Wildman–Crippen LogP) is 3.78. The van der Waals surface area contributed by atoms with E-state index < -0.39 is 0 Å². The second kappa shape index (κ2) is 8.39. The fraction of sp³-hybridized carbons (Fsp3) is 0.550. The first-order valence-electron chi connectivity index (χ1n) is 9.37. The number of carbonyl (C=O) groups is 1. The van der Waals surface area contributed by atoms with Crippen LogP contribution >= 0.6 is 0 Å². The number of benzene rings is 1. The summed E-state index contributed by atoms with van der Waals surface area (Å²) in [5, 5.41) is 6.11. The molecule has 2 bridgehead atoms. The van der Waals surface area contributed by atoms with Crippen LogP contribution in [-0.4, -0.2) is 42.2 Å². The Morgan fingerprint density at radius 2 is 2.04 bits per heavy atom. The summed E-state index contributed by atoms with van der Waals surface area (Å²) in [6, 6.07) is 8.76. The number of hydrogen-bond acceptors (Lipinski definition) is 3. The summed E-state index contributed by atoms with van der Waals surface area (Å²) in [6.07, 6.45) is 7.77. The highest BCUT2D eigenvalue weighted by molar-refractivity contribution is 5.91. The van der Waals surface area contributed by atoms with Gasteiger partial charge >= 0.3 is 6.03 Å². The van der Waals surface area contributed by atoms with Gasteiger partial charge in [-0.05, 0) is 44.7 Å². The van der Waals surface area contributed by atoms with Crippen molar-refractivity contribution in [3.05, 3.63) is 36.9 Å². The number of nitrogens with zero attached hydrogens (tertiary/aromatic N) is 1. The molecule has 0 unspecified atom stereocenters. The molecule has 2 aliphatic heterocycles. The van der Waals surface area contributed by atoms with Gasteiger partial charge in [-0.25, -0.2) is 4.79 Å². The Kier molecular flexibility index (Phi) is 5.97. The minimum atomic E-state index is -0.146. The fourth-order valence-corrected chi connectivity index (χ4v) is 4.24. The summed E-state index contributed by atoms with van der Waals surface area (Å²) in [6.45, 7) is 7.35. The Bertz CT molecular complexity index is 590. The normalized spacial score (nSPS) is 25.9. The Morgan fingerprint density at radius 3 is 2.72 bits per heavy atom. The van der Waals surface area contributed by atoms with Crippen LogP contribution in [0.2, 0.25) is 0 Å². The number of para-hydroxylation sites is 2. The Hall–Kier alpha value is -2.01. The van der Waals surface area contributed by atoms with Gasteiger partial charge < -0.3 is 15.4 Å². The highest BCUT2D eigenvalue weighted by atomic mass is 16.5. The van der Waals surface area contributed by atoms with Gasteiger partial charge in [-0.1, -0.05) is 24.6 Å². The maximum atomic E-state index is 12.5. The predicted molar refractivity (Wildman–Crippen MR) is 101 cm³/mol. The van der Waals surface area contributed by atoms with Crippen molar-refractivity contribution in [2.45, 2.75) is 57.2 Å². The smallest absolute Gasteiger partial charge is 0.319 e. The van der Waals surface area contributed by atoms with Crippen molar-refractivity contribution >= 4 is 11.7 Å². The summed E-state index contributed by atoms with van der Waals surface area (Å²) < 4.78 is 5.57. The van der Waals surface area contributed by atoms with Gasteiger partial charge in [0.2, 0.25) is 0 Å². The highest BCUT2D eigenvalue weighted by Gasteiger charge is 2.37. The van der Waals surface area contributed by atoms with E-state index in [1.807, 2.05) is 37.3 Å². The van der Waals surface area contributed by atoms with E-state index in [1.54, 1.807) is 0 Å². The maximum absolute atomic E-state index is 12.5. The zero-order valence-electron chi connectivity index (χ0n) is 15.0. The third-order valence-electron chi connectivity index (χ3n) is 5.24. The second-order valence-electron chi connectivity index (χ2n) is 6.92. The summed E-state index contributed by atoms with van der Waals surface area (Å²) in [5.41, 5.74) is 0.714. The molecule has 2 N–H and O–H groups in total. The van der Waals surface area contributed by atoms with Crippen LogP contribution in [0.4, 0.5) is 10.5 Å². The summed E-state index contributed by atoms with van der Waals surface area (Å²) in [7, 11) is 0. The van der Waals surface area contributed by atoms with E-state index in [0.29, 0.717) is 30.1 Å². The number of rotatable bonds is 6. The van der Waals surface area contributed by atoms with E-state index in [1.165, 1.54) is 19.3 Å². The SMILES string of the molecule is C=CCN1[C@@H]2CCC[C@@H]1CC(NC(=O)Nc1ccccc1OCC)C2. The van der Waals surface area contributed by atoms with E-state index >= 15 is 0 Å². The van der Waals surface area contributed by atoms with Crippen molar-refractivity contribution in [1.29, 1.82) is 0 Å². The average Bonchev–Trinajstić information content (AvgIpc) is 2.58. The molecule has 0 saturated carbocycles. The molecule has 2 saturated heterocycles. The third kappa shape index (κ3) is 4.34. The summed E-state index contributed by atoms with van der Waals surface area (Å²) >= 11 is 0. The molecule has 3 rings (SSSR count). The molecular formula is C20H29N3O2. The van der Waals surface area contributed by atoms with Crippen LogP contribution in [0.3, 0.4) is 0 Å². The molecule has 136 valence electrons. The number of urea groups is 1. The molecule has 5 heteroatoms. The van der Waals surface area contributed by atoms with E-state index in [0.717, 1.165) is 19.4 Å². The summed E-state index contributed by atoms with van der Waals surface area (Å²) in [5.74, 6) is 0.706. The number of hydrogen-bond donors (Lipinski definition) is 2. The molecule has 0 spiro atoms. The Morgan fingerprint density at radius 1 is 1.32 bits per heavy atom. The van der Waals surface area contributed by atoms with Gasteiger partial charge in [-0.15, -0.1) is 6.58 Å². The molecule has 2 fully saturated rings. The molecule has 2 heterocycles. The van der Waals surface area contributed by atoms with Crippen molar-refractivity contribution in [3.63, 3.8) is 0 Å². The minimum absolute atomic E-state index is 0.146. The lowest BCUT2D eigenvalue weighted by Crippen LogP contribution is -2.57.